The van der Waals surface area contributed by atoms with Crippen LogP contribution in [0.4, 0.5) is 24.8 Å². The Kier molecular flexibility index (Phi) is 9.11. The summed E-state index contributed by atoms with van der Waals surface area (Å²) in [5.74, 6) is 0.104. The van der Waals surface area contributed by atoms with E-state index in [1.165, 1.54) is 17.2 Å². The van der Waals surface area contributed by atoms with E-state index in [1.54, 1.807) is 20.2 Å². The van der Waals surface area contributed by atoms with Crippen molar-refractivity contribution in [2.75, 3.05) is 11.5 Å². The fraction of sp³-hybridized carbons (Fsp3) is 0.600. The number of rotatable bonds is 6. The molecule has 4 N–H and O–H groups in total. The van der Waals surface area contributed by atoms with Crippen molar-refractivity contribution in [3.63, 3.8) is 0 Å². The van der Waals surface area contributed by atoms with Crippen molar-refractivity contribution in [1.82, 2.24) is 39.0 Å². The van der Waals surface area contributed by atoms with Gasteiger partial charge in [0.2, 0.25) is 0 Å². The van der Waals surface area contributed by atoms with Crippen LogP contribution < -0.4 is 11.5 Å². The first-order valence-corrected chi connectivity index (χ1v) is 15.8. The van der Waals surface area contributed by atoms with Gasteiger partial charge < -0.3 is 20.9 Å². The van der Waals surface area contributed by atoms with E-state index in [9.17, 15) is 21.6 Å². The largest absolute Gasteiger partial charge is 0.523 e. The van der Waals surface area contributed by atoms with Gasteiger partial charge in [0.05, 0.1) is 30.2 Å². The molecule has 6 rings (SSSR count). The first-order valence-electron chi connectivity index (χ1n) is 14.0. The molecule has 0 bridgehead atoms. The van der Waals surface area contributed by atoms with Crippen LogP contribution in [0.1, 0.15) is 53.0 Å². The Morgan fingerprint density at radius 3 is 1.78 bits per heavy atom. The van der Waals surface area contributed by atoms with Crippen molar-refractivity contribution in [2.24, 2.45) is 11.8 Å². The summed E-state index contributed by atoms with van der Waals surface area (Å²) in [6.07, 6.45) is 3.68. The average molecular weight is 677 g/mol. The topological polar surface area (TPSA) is 201 Å². The molecule has 0 radical (unpaired) electrons. The van der Waals surface area contributed by atoms with E-state index in [2.05, 4.69) is 47.9 Å². The van der Waals surface area contributed by atoms with Gasteiger partial charge in [-0.15, -0.1) is 11.6 Å². The van der Waals surface area contributed by atoms with Gasteiger partial charge in [-0.05, 0) is 12.8 Å². The number of alkyl halides is 4. The molecule has 0 aromatic carbocycles. The summed E-state index contributed by atoms with van der Waals surface area (Å²) < 4.78 is 80.7. The first kappa shape index (κ1) is 33.0. The third-order valence-electron chi connectivity index (χ3n) is 8.02. The SMILES string of the molecule is CC[C@H]1O[C@@H](n2cnc3c(N)ncnc32)[C@@H](OS(=O)(=O)C(F)(F)F)[C@@H]1C.CC[C@H]1O[C@@H](n2cnc3c(N)ncnc32)[C@H](Cl)[C@@H]1C. The fourth-order valence-electron chi connectivity index (χ4n) is 5.52. The normalized spacial score (nSPS) is 28.9. The molecule has 45 heavy (non-hydrogen) atoms. The van der Waals surface area contributed by atoms with Gasteiger partial charge in [-0.25, -0.2) is 29.9 Å². The molecular formula is C25H32ClF3N10O5S. The predicted octanol–water partition coefficient (Wildman–Crippen LogP) is 3.55. The molecule has 2 aliphatic heterocycles. The number of aromatic nitrogens is 8. The van der Waals surface area contributed by atoms with Crippen LogP contribution in [-0.2, 0) is 23.8 Å². The van der Waals surface area contributed by atoms with Crippen molar-refractivity contribution in [3.05, 3.63) is 25.3 Å². The Bertz CT molecular complexity index is 1770. The summed E-state index contributed by atoms with van der Waals surface area (Å²) >= 11 is 6.49. The minimum atomic E-state index is -5.80. The number of hydrogen-bond donors (Lipinski definition) is 2. The van der Waals surface area contributed by atoms with Crippen molar-refractivity contribution < 1.29 is 35.2 Å². The quantitative estimate of drug-likeness (QED) is 0.171. The molecule has 0 saturated carbocycles. The number of nitrogens with zero attached hydrogens (tertiary/aromatic N) is 8. The van der Waals surface area contributed by atoms with Crippen molar-refractivity contribution in [2.45, 2.75) is 82.2 Å². The number of anilines is 2. The second-order valence-electron chi connectivity index (χ2n) is 10.7. The highest BCUT2D eigenvalue weighted by Gasteiger charge is 2.53. The number of hydrogen-bond acceptors (Lipinski definition) is 13. The second-order valence-corrected chi connectivity index (χ2v) is 12.8. The zero-order valence-corrected chi connectivity index (χ0v) is 26.1. The van der Waals surface area contributed by atoms with Crippen LogP contribution in [0.15, 0.2) is 25.3 Å². The van der Waals surface area contributed by atoms with Crippen LogP contribution in [0.2, 0.25) is 0 Å². The molecule has 2 saturated heterocycles. The van der Waals surface area contributed by atoms with Gasteiger partial charge in [0.15, 0.2) is 35.4 Å². The van der Waals surface area contributed by atoms with Gasteiger partial charge in [0.1, 0.15) is 29.8 Å². The fourth-order valence-corrected chi connectivity index (χ4v) is 6.54. The molecule has 246 valence electrons. The third kappa shape index (κ3) is 5.98. The lowest BCUT2D eigenvalue weighted by Crippen LogP contribution is -2.35. The Labute approximate surface area is 260 Å². The lowest BCUT2D eigenvalue weighted by atomic mass is 9.99. The van der Waals surface area contributed by atoms with E-state index in [0.29, 0.717) is 23.4 Å². The van der Waals surface area contributed by atoms with E-state index >= 15 is 0 Å². The van der Waals surface area contributed by atoms with Gasteiger partial charge in [-0.2, -0.15) is 21.6 Å². The van der Waals surface area contributed by atoms with Gasteiger partial charge >= 0.3 is 15.6 Å². The average Bonchev–Trinajstić information content (AvgIpc) is 3.75. The number of nitrogens with two attached hydrogens (primary N) is 2. The molecule has 2 fully saturated rings. The molecule has 20 heteroatoms. The van der Waals surface area contributed by atoms with E-state index in [4.69, 9.17) is 32.5 Å². The molecule has 8 atom stereocenters. The summed E-state index contributed by atoms with van der Waals surface area (Å²) in [6, 6.07) is 0. The maximum absolute atomic E-state index is 12.8. The summed E-state index contributed by atoms with van der Waals surface area (Å²) in [6.45, 7) is 7.53. The van der Waals surface area contributed by atoms with Gasteiger partial charge in [-0.1, -0.05) is 27.7 Å². The lowest BCUT2D eigenvalue weighted by molar-refractivity contribution is -0.0673. The number of imidazole rings is 2. The second kappa shape index (κ2) is 12.4. The summed E-state index contributed by atoms with van der Waals surface area (Å²) in [5, 5.41) is -0.112. The highest BCUT2D eigenvalue weighted by Crippen LogP contribution is 2.42. The minimum Gasteiger partial charge on any atom is -0.382 e. The molecule has 15 nitrogen and oxygen atoms in total. The minimum absolute atomic E-state index is 0.0761. The van der Waals surface area contributed by atoms with Gasteiger partial charge in [0.25, 0.3) is 0 Å². The first-order chi connectivity index (χ1) is 21.2. The molecule has 0 amide bonds. The van der Waals surface area contributed by atoms with E-state index in [1.807, 2.05) is 4.57 Å². The van der Waals surface area contributed by atoms with Crippen LogP contribution in [-0.4, -0.2) is 76.7 Å². The maximum Gasteiger partial charge on any atom is 0.523 e. The van der Waals surface area contributed by atoms with Crippen LogP contribution in [0, 0.1) is 11.8 Å². The Hall–Kier alpha value is -3.39. The molecule has 2 aliphatic rings. The number of halogens is 4. The summed E-state index contributed by atoms with van der Waals surface area (Å²) in [5.41, 5.74) is 7.61. The van der Waals surface area contributed by atoms with Crippen LogP contribution in [0.3, 0.4) is 0 Å². The van der Waals surface area contributed by atoms with Gasteiger partial charge in [0, 0.05) is 11.8 Å². The Balaban J connectivity index is 0.000000186. The van der Waals surface area contributed by atoms with E-state index in [-0.39, 0.29) is 40.6 Å². The van der Waals surface area contributed by atoms with E-state index in [0.717, 1.165) is 12.7 Å². The summed E-state index contributed by atoms with van der Waals surface area (Å²) in [7, 11) is -5.80. The van der Waals surface area contributed by atoms with Crippen molar-refractivity contribution in [1.29, 1.82) is 0 Å². The highest BCUT2D eigenvalue weighted by atomic mass is 35.5. The van der Waals surface area contributed by atoms with Gasteiger partial charge in [-0.3, -0.25) is 13.3 Å². The summed E-state index contributed by atoms with van der Waals surface area (Å²) in [4.78, 5) is 24.2. The smallest absolute Gasteiger partial charge is 0.382 e. The monoisotopic (exact) mass is 676 g/mol. The molecule has 4 aromatic heterocycles. The molecule has 4 aromatic rings. The standard InChI is InChI=1S/C13H16F3N5O4S.C12H16ClN5O/c1-3-7-6(2)9(25-26(22,23)13(14,15)16)12(24-7)21-5-20-8-10(17)18-4-19-11(8)21;1-3-7-6(2)8(13)12(19-7)18-5-17-9-10(14)15-4-16-11(9)18/h4-7,9,12H,3H2,1-2H3,(H2,17,18,19);4-8,12H,3H2,1-2H3,(H2,14,15,16)/t6-,7-,9+,12-;6-,7-,8-,12-/m11/s1. The zero-order chi connectivity index (χ0) is 32.8. The number of fused-ring (bicyclic) bond motifs is 2. The molecule has 6 heterocycles. The predicted molar refractivity (Wildman–Crippen MR) is 156 cm³/mol. The van der Waals surface area contributed by atoms with Crippen LogP contribution in [0.25, 0.3) is 22.3 Å². The van der Waals surface area contributed by atoms with E-state index < -0.39 is 40.0 Å². The molecule has 0 spiro atoms. The zero-order valence-electron chi connectivity index (χ0n) is 24.5. The van der Waals surface area contributed by atoms with Crippen LogP contribution >= 0.6 is 11.6 Å². The van der Waals surface area contributed by atoms with Crippen LogP contribution in [0.5, 0.6) is 0 Å². The molecule has 0 unspecified atom stereocenters. The molecule has 0 aliphatic carbocycles. The maximum atomic E-state index is 12.8. The van der Waals surface area contributed by atoms with Crippen molar-refractivity contribution in [3.8, 4) is 0 Å². The Morgan fingerprint density at radius 2 is 1.31 bits per heavy atom. The number of nitrogen functional groups attached to an aromatic ring is 2. The third-order valence-corrected chi connectivity index (χ3v) is 9.68. The van der Waals surface area contributed by atoms with Crippen molar-refractivity contribution >= 4 is 55.7 Å². The molecular weight excluding hydrogens is 645 g/mol. The number of ether oxygens (including phenoxy) is 2. The lowest BCUT2D eigenvalue weighted by Gasteiger charge is -2.22. The highest BCUT2D eigenvalue weighted by molar-refractivity contribution is 7.87. The Morgan fingerprint density at radius 1 is 0.844 bits per heavy atom.